The fourth-order valence-corrected chi connectivity index (χ4v) is 7.92. The summed E-state index contributed by atoms with van der Waals surface area (Å²) in [5.41, 5.74) is -0.298. The maximum Gasteiger partial charge on any atom is 0.428 e. The first-order valence-electron chi connectivity index (χ1n) is 11.8. The Hall–Kier alpha value is -1.97. The molecule has 0 saturated heterocycles. The third-order valence-corrected chi connectivity index (χ3v) is 10.2. The Balaban J connectivity index is 0.000000179. The molecule has 35 heavy (non-hydrogen) atoms. The predicted molar refractivity (Wildman–Crippen MR) is 129 cm³/mol. The minimum atomic E-state index is -6.04. The van der Waals surface area contributed by atoms with E-state index in [0.717, 1.165) is 38.5 Å². The minimum absolute atomic E-state index is 0.203. The normalized spacial score (nSPS) is 27.3. The average Bonchev–Trinajstić information content (AvgIpc) is 2.82. The predicted octanol–water partition coefficient (Wildman–Crippen LogP) is 5.24. The van der Waals surface area contributed by atoms with Crippen LogP contribution in [0.2, 0.25) is 0 Å². The highest BCUT2D eigenvalue weighted by atomic mass is 32.2. The van der Waals surface area contributed by atoms with Crippen LogP contribution in [0.1, 0.15) is 38.5 Å². The molecule has 0 spiro atoms. The smallest absolute Gasteiger partial charge is 0.428 e. The quantitative estimate of drug-likeness (QED) is 0.293. The van der Waals surface area contributed by atoms with Crippen molar-refractivity contribution < 1.29 is 31.3 Å². The lowest BCUT2D eigenvalue weighted by Gasteiger charge is -2.56. The van der Waals surface area contributed by atoms with Crippen LogP contribution in [-0.2, 0) is 30.5 Å². The van der Waals surface area contributed by atoms with Crippen LogP contribution in [0.4, 0.5) is 8.78 Å². The molecule has 0 unspecified atom stereocenters. The van der Waals surface area contributed by atoms with Gasteiger partial charge in [0.2, 0.25) is 0 Å². The van der Waals surface area contributed by atoms with E-state index in [-0.39, 0.29) is 22.9 Å². The highest BCUT2D eigenvalue weighted by Gasteiger charge is 2.53. The Bertz CT molecular complexity index is 1050. The Morgan fingerprint density at radius 3 is 1.71 bits per heavy atom. The summed E-state index contributed by atoms with van der Waals surface area (Å²) in [6.45, 7) is -0.208. The second-order valence-corrected chi connectivity index (χ2v) is 13.5. The molecular formula is C26H30F2O5S2. The maximum atomic E-state index is 13.1. The van der Waals surface area contributed by atoms with Crippen molar-refractivity contribution in [3.63, 3.8) is 0 Å². The van der Waals surface area contributed by atoms with E-state index in [2.05, 4.69) is 71.7 Å². The number of hydrogen-bond acceptors (Lipinski definition) is 5. The van der Waals surface area contributed by atoms with Crippen molar-refractivity contribution in [3.8, 4) is 0 Å². The van der Waals surface area contributed by atoms with Crippen LogP contribution in [0.25, 0.3) is 0 Å². The highest BCUT2D eigenvalue weighted by molar-refractivity contribution is 7.96. The second kappa shape index (κ2) is 10.2. The zero-order valence-corrected chi connectivity index (χ0v) is 21.2. The van der Waals surface area contributed by atoms with Gasteiger partial charge in [-0.1, -0.05) is 36.4 Å². The van der Waals surface area contributed by atoms with Gasteiger partial charge in [0.1, 0.15) is 6.26 Å². The largest absolute Gasteiger partial charge is 0.743 e. The number of esters is 1. The zero-order valence-electron chi connectivity index (χ0n) is 19.6. The van der Waals surface area contributed by atoms with Crippen molar-refractivity contribution in [1.29, 1.82) is 0 Å². The summed E-state index contributed by atoms with van der Waals surface area (Å²) in [5.74, 6) is -0.579. The number of carbonyl (C=O) groups is 1. The van der Waals surface area contributed by atoms with Crippen LogP contribution >= 0.6 is 0 Å². The third-order valence-electron chi connectivity index (χ3n) is 7.42. The average molecular weight is 525 g/mol. The monoisotopic (exact) mass is 524 g/mol. The van der Waals surface area contributed by atoms with Crippen LogP contribution in [0.15, 0.2) is 70.5 Å². The third kappa shape index (κ3) is 5.89. The molecule has 0 radical (unpaired) electrons. The first kappa shape index (κ1) is 26.1. The molecule has 6 rings (SSSR count). The van der Waals surface area contributed by atoms with Gasteiger partial charge >= 0.3 is 11.2 Å². The van der Waals surface area contributed by atoms with E-state index in [0.29, 0.717) is 17.8 Å². The molecule has 2 aromatic rings. The maximum absolute atomic E-state index is 13.1. The van der Waals surface area contributed by atoms with Crippen molar-refractivity contribution in [2.24, 2.45) is 23.2 Å². The molecule has 0 aromatic heterocycles. The molecule has 9 heteroatoms. The van der Waals surface area contributed by atoms with Crippen LogP contribution in [0, 0.1) is 23.2 Å². The van der Waals surface area contributed by atoms with E-state index in [1.807, 2.05) is 0 Å². The van der Waals surface area contributed by atoms with Crippen molar-refractivity contribution in [2.45, 2.75) is 53.6 Å². The summed E-state index contributed by atoms with van der Waals surface area (Å²) in [6, 6.07) is 21.3. The van der Waals surface area contributed by atoms with E-state index >= 15 is 0 Å². The van der Waals surface area contributed by atoms with Crippen molar-refractivity contribution in [3.05, 3.63) is 60.7 Å². The van der Waals surface area contributed by atoms with E-state index in [4.69, 9.17) is 0 Å². The number of benzene rings is 2. The lowest BCUT2D eigenvalue weighted by molar-refractivity contribution is -0.172. The first-order chi connectivity index (χ1) is 16.5. The summed E-state index contributed by atoms with van der Waals surface area (Å²) in [6.07, 6.45) is 8.23. The molecule has 0 amide bonds. The zero-order chi connectivity index (χ0) is 25.3. The van der Waals surface area contributed by atoms with Crippen LogP contribution < -0.4 is 0 Å². The Labute approximate surface area is 208 Å². The molecule has 4 aliphatic rings. The Kier molecular flexibility index (Phi) is 7.60. The summed E-state index contributed by atoms with van der Waals surface area (Å²) < 4.78 is 62.0. The van der Waals surface area contributed by atoms with E-state index in [1.165, 1.54) is 9.79 Å². The van der Waals surface area contributed by atoms with Crippen molar-refractivity contribution >= 4 is 27.0 Å². The van der Waals surface area contributed by atoms with Gasteiger partial charge in [-0.3, -0.25) is 0 Å². The molecule has 4 aliphatic carbocycles. The van der Waals surface area contributed by atoms with Gasteiger partial charge in [-0.2, -0.15) is 8.78 Å². The SMILES string of the molecule is C[S+](c1ccccc1)c1ccccc1.O=C(OCC12CC3CC(CC(C3)C1)C2)C(F)(F)S(=O)(=O)[O-]. The van der Waals surface area contributed by atoms with Gasteiger partial charge in [-0.15, -0.1) is 0 Å². The van der Waals surface area contributed by atoms with E-state index < -0.39 is 21.3 Å². The second-order valence-electron chi connectivity index (χ2n) is 10.1. The lowest BCUT2D eigenvalue weighted by Crippen LogP contribution is -2.49. The lowest BCUT2D eigenvalue weighted by atomic mass is 9.50. The molecule has 0 aliphatic heterocycles. The molecule has 190 valence electrons. The van der Waals surface area contributed by atoms with Gasteiger partial charge in [0.05, 0.1) is 17.5 Å². The molecule has 2 aromatic carbocycles. The van der Waals surface area contributed by atoms with Gasteiger partial charge in [-0.25, -0.2) is 13.2 Å². The summed E-state index contributed by atoms with van der Waals surface area (Å²) in [5, 5.41) is -5.00. The van der Waals surface area contributed by atoms with E-state index in [1.54, 1.807) is 0 Å². The summed E-state index contributed by atoms with van der Waals surface area (Å²) in [7, 11) is -5.83. The van der Waals surface area contributed by atoms with Crippen molar-refractivity contribution in [1.82, 2.24) is 0 Å². The van der Waals surface area contributed by atoms with Crippen LogP contribution in [0.5, 0.6) is 0 Å². The fraction of sp³-hybridized carbons (Fsp3) is 0.500. The Morgan fingerprint density at radius 1 is 0.943 bits per heavy atom. The number of rotatable bonds is 6. The van der Waals surface area contributed by atoms with Crippen molar-refractivity contribution in [2.75, 3.05) is 12.9 Å². The number of halogens is 2. The fourth-order valence-electron chi connectivity index (χ4n) is 6.26. The van der Waals surface area contributed by atoms with Crippen LogP contribution in [-0.4, -0.2) is 37.1 Å². The number of hydrogen-bond donors (Lipinski definition) is 0. The van der Waals surface area contributed by atoms with Crippen LogP contribution in [0.3, 0.4) is 0 Å². The highest BCUT2D eigenvalue weighted by Crippen LogP contribution is 2.60. The molecule has 0 atom stereocenters. The molecule has 4 saturated carbocycles. The number of alkyl halides is 2. The molecule has 0 N–H and O–H groups in total. The van der Waals surface area contributed by atoms with E-state index in [9.17, 15) is 26.5 Å². The summed E-state index contributed by atoms with van der Waals surface area (Å²) in [4.78, 5) is 14.1. The van der Waals surface area contributed by atoms with Gasteiger partial charge in [0, 0.05) is 5.41 Å². The standard InChI is InChI=1S/C13H18F2O5S.C13H13S/c14-13(15,21(17,18)19)11(16)20-7-12-4-8-1-9(5-12)3-10(2-8)6-12;1-14(12-8-4-2-5-9-12)13-10-6-3-7-11-13/h8-10H,1-7H2,(H,17,18,19);2-11H,1H3/q;+1/p-1. The molecule has 4 fully saturated rings. The molecular weight excluding hydrogens is 494 g/mol. The first-order valence-corrected chi connectivity index (χ1v) is 14.8. The van der Waals surface area contributed by atoms with Gasteiger partial charge in [0.15, 0.2) is 19.9 Å². The molecule has 0 heterocycles. The minimum Gasteiger partial charge on any atom is -0.743 e. The molecule has 4 bridgehead atoms. The molecule has 5 nitrogen and oxygen atoms in total. The van der Waals surface area contributed by atoms with Gasteiger partial charge < -0.3 is 9.29 Å². The number of ether oxygens (including phenoxy) is 1. The van der Waals surface area contributed by atoms with Gasteiger partial charge in [-0.05, 0) is 80.5 Å². The van der Waals surface area contributed by atoms with Gasteiger partial charge in [0.25, 0.3) is 0 Å². The topological polar surface area (TPSA) is 83.5 Å². The Morgan fingerprint density at radius 2 is 1.34 bits per heavy atom. The summed E-state index contributed by atoms with van der Waals surface area (Å²) >= 11 is 0. The number of carbonyl (C=O) groups excluding carboxylic acids is 1.